The van der Waals surface area contributed by atoms with Crippen LogP contribution in [0.5, 0.6) is 23.0 Å². The van der Waals surface area contributed by atoms with E-state index in [1.165, 1.54) is 212 Å². The molecule has 0 spiro atoms. The maximum absolute atomic E-state index is 13.3. The summed E-state index contributed by atoms with van der Waals surface area (Å²) < 4.78 is 32.7. The fourth-order valence-electron chi connectivity index (χ4n) is 8.84. The molecular weight excluding hydrogens is 829 g/mol. The first-order valence-electron chi connectivity index (χ1n) is 29.4. The molecule has 0 aromatic heterocycles. The number of carbonyl (C=O) groups is 1. The molecule has 0 saturated carbocycles. The second-order valence-corrected chi connectivity index (χ2v) is 20.9. The molecule has 1 rings (SSSR count). The zero-order chi connectivity index (χ0) is 48.7. The quantitative estimate of drug-likeness (QED) is 0.0368. The first-order chi connectivity index (χ1) is 32.8. The Balaban J connectivity index is 3.32. The third kappa shape index (κ3) is 38.1. The number of hydrogen-bond donors (Lipinski definition) is 0. The molecule has 0 aliphatic carbocycles. The highest BCUT2D eigenvalue weighted by molar-refractivity contribution is 5.89. The first-order valence-corrected chi connectivity index (χ1v) is 29.4. The van der Waals surface area contributed by atoms with Gasteiger partial charge in [-0.2, -0.15) is 0 Å². The molecule has 0 fully saturated rings. The van der Waals surface area contributed by atoms with Crippen LogP contribution in [-0.2, 0) is 9.53 Å². The normalized spacial score (nSPS) is 11.7. The first kappa shape index (κ1) is 62.6. The van der Waals surface area contributed by atoms with Crippen molar-refractivity contribution in [3.63, 3.8) is 0 Å². The second kappa shape index (κ2) is 46.0. The van der Waals surface area contributed by atoms with E-state index in [1.54, 1.807) is 0 Å². The zero-order valence-corrected chi connectivity index (χ0v) is 45.8. The van der Waals surface area contributed by atoms with Crippen molar-refractivity contribution < 1.29 is 28.5 Å². The number of carbonyl (C=O) groups excluding carboxylic acids is 1. The minimum atomic E-state index is -0.603. The molecule has 0 amide bonds. The van der Waals surface area contributed by atoms with Crippen molar-refractivity contribution in [1.82, 2.24) is 0 Å². The fourth-order valence-corrected chi connectivity index (χ4v) is 8.84. The minimum absolute atomic E-state index is 0.390. The predicted molar refractivity (Wildman–Crippen MR) is 291 cm³/mol. The van der Waals surface area contributed by atoms with Gasteiger partial charge < -0.3 is 23.7 Å². The van der Waals surface area contributed by atoms with Crippen LogP contribution in [0.1, 0.15) is 311 Å². The van der Waals surface area contributed by atoms with E-state index in [-0.39, 0.29) is 0 Å². The molecule has 67 heavy (non-hydrogen) atoms. The van der Waals surface area contributed by atoms with Gasteiger partial charge in [-0.05, 0) is 52.5 Å². The lowest BCUT2D eigenvalue weighted by molar-refractivity contribution is -0.148. The summed E-state index contributed by atoms with van der Waals surface area (Å²) in [4.78, 5) is 13.3. The molecule has 0 heterocycles. The van der Waals surface area contributed by atoms with Gasteiger partial charge in [0.15, 0.2) is 23.0 Å². The molecule has 0 unspecified atom stereocenters. The molecule has 1 aromatic rings. The van der Waals surface area contributed by atoms with Gasteiger partial charge in [-0.1, -0.05) is 259 Å². The smallest absolute Gasteiger partial charge is 0.331 e. The summed E-state index contributed by atoms with van der Waals surface area (Å²) in [5.74, 6) is 2.25. The van der Waals surface area contributed by atoms with Crippen LogP contribution in [-0.4, -0.2) is 38.0 Å². The maximum Gasteiger partial charge on any atom is 0.331 e. The van der Waals surface area contributed by atoms with Crippen molar-refractivity contribution in [2.75, 3.05) is 26.4 Å². The van der Waals surface area contributed by atoms with E-state index in [4.69, 9.17) is 23.7 Å². The van der Waals surface area contributed by atoms with E-state index in [1.807, 2.05) is 32.9 Å². The zero-order valence-electron chi connectivity index (χ0n) is 45.8. The maximum atomic E-state index is 13.3. The summed E-state index contributed by atoms with van der Waals surface area (Å²) in [7, 11) is 0. The number of rotatable bonds is 50. The van der Waals surface area contributed by atoms with E-state index >= 15 is 0 Å². The number of hydrogen-bond acceptors (Lipinski definition) is 6. The number of benzene rings is 1. The molecule has 0 N–H and O–H groups in total. The van der Waals surface area contributed by atoms with Gasteiger partial charge in [0.25, 0.3) is 0 Å². The summed E-state index contributed by atoms with van der Waals surface area (Å²) in [5, 5.41) is 0. The summed E-state index contributed by atoms with van der Waals surface area (Å²) in [6.07, 6.45) is 54.2. The van der Waals surface area contributed by atoms with Crippen molar-refractivity contribution >= 4 is 12.0 Å². The highest BCUT2D eigenvalue weighted by atomic mass is 16.6. The van der Waals surface area contributed by atoms with Crippen LogP contribution in [0.4, 0.5) is 0 Å². The number of esters is 1. The van der Waals surface area contributed by atoms with E-state index in [2.05, 4.69) is 27.7 Å². The van der Waals surface area contributed by atoms with Crippen LogP contribution in [0.25, 0.3) is 6.08 Å². The Hall–Kier alpha value is -2.37. The average molecular weight is 942 g/mol. The van der Waals surface area contributed by atoms with E-state index < -0.39 is 11.6 Å². The Morgan fingerprint density at radius 3 is 0.866 bits per heavy atom. The summed E-state index contributed by atoms with van der Waals surface area (Å²) in [6, 6.07) is 2.03. The standard InChI is InChI=1S/C61H112O6/c1-8-12-16-20-24-28-32-36-40-44-50-63-56-54-57(64-51-45-41-37-33-29-25-21-17-13-9-2)60(66-53-47-43-39-35-31-27-23-19-15-11-4)55(48-49-58(62)67-61(5,6)7)59(56)65-52-46-42-38-34-30-26-22-18-14-10-3/h48-49,54H,8-47,50-53H2,1-7H3. The topological polar surface area (TPSA) is 63.2 Å². The van der Waals surface area contributed by atoms with Gasteiger partial charge in [0.05, 0.1) is 32.0 Å². The van der Waals surface area contributed by atoms with Crippen LogP contribution in [0.3, 0.4) is 0 Å². The van der Waals surface area contributed by atoms with Crippen molar-refractivity contribution in [2.24, 2.45) is 0 Å². The van der Waals surface area contributed by atoms with E-state index in [0.29, 0.717) is 55.0 Å². The molecule has 0 aliphatic rings. The predicted octanol–water partition coefficient (Wildman–Crippen LogP) is 20.2. The van der Waals surface area contributed by atoms with E-state index in [0.717, 1.165) is 51.4 Å². The molecule has 0 atom stereocenters. The van der Waals surface area contributed by atoms with Crippen LogP contribution < -0.4 is 18.9 Å². The van der Waals surface area contributed by atoms with Gasteiger partial charge in [0, 0.05) is 12.1 Å². The number of unbranched alkanes of at least 4 members (excludes halogenated alkanes) is 36. The van der Waals surface area contributed by atoms with Crippen molar-refractivity contribution in [3.8, 4) is 23.0 Å². The lowest BCUT2D eigenvalue weighted by atomic mass is 10.1. The van der Waals surface area contributed by atoms with Crippen molar-refractivity contribution in [1.29, 1.82) is 0 Å². The molecule has 1 aromatic carbocycles. The lowest BCUT2D eigenvalue weighted by Crippen LogP contribution is -2.22. The van der Waals surface area contributed by atoms with Gasteiger partial charge >= 0.3 is 5.97 Å². The van der Waals surface area contributed by atoms with Gasteiger partial charge in [-0.15, -0.1) is 0 Å². The van der Waals surface area contributed by atoms with Gasteiger partial charge in [-0.3, -0.25) is 0 Å². The summed E-state index contributed by atoms with van der Waals surface area (Å²) >= 11 is 0. The fraction of sp³-hybridized carbons (Fsp3) is 0.852. The molecular formula is C61H112O6. The highest BCUT2D eigenvalue weighted by Gasteiger charge is 2.23. The Bertz CT molecular complexity index is 1190. The summed E-state index contributed by atoms with van der Waals surface area (Å²) in [5.41, 5.74) is 0.109. The summed E-state index contributed by atoms with van der Waals surface area (Å²) in [6.45, 7) is 17.2. The largest absolute Gasteiger partial charge is 0.490 e. The molecule has 0 bridgehead atoms. The Labute approximate surface area is 417 Å². The van der Waals surface area contributed by atoms with Crippen LogP contribution in [0, 0.1) is 0 Å². The molecule has 0 saturated heterocycles. The third-order valence-electron chi connectivity index (χ3n) is 13.0. The highest BCUT2D eigenvalue weighted by Crippen LogP contribution is 2.46. The van der Waals surface area contributed by atoms with Crippen molar-refractivity contribution in [3.05, 3.63) is 17.7 Å². The number of ether oxygens (including phenoxy) is 5. The molecule has 6 nitrogen and oxygen atoms in total. The van der Waals surface area contributed by atoms with Gasteiger partial charge in [0.2, 0.25) is 0 Å². The molecule has 392 valence electrons. The van der Waals surface area contributed by atoms with Crippen LogP contribution in [0.2, 0.25) is 0 Å². The average Bonchev–Trinajstić information content (AvgIpc) is 3.30. The Morgan fingerprint density at radius 1 is 0.373 bits per heavy atom. The van der Waals surface area contributed by atoms with Gasteiger partial charge in [0.1, 0.15) is 5.60 Å². The SMILES string of the molecule is CCCCCCCCCCCCOc1cc(OCCCCCCCCCCCC)c(OCCCCCCCCCCCC)c(C=CC(=O)OC(C)(C)C)c1OCCCCCCCCCCCC. The lowest BCUT2D eigenvalue weighted by Gasteiger charge is -2.22. The molecule has 6 heteroatoms. The Morgan fingerprint density at radius 2 is 0.612 bits per heavy atom. The molecule has 0 radical (unpaired) electrons. The van der Waals surface area contributed by atoms with Crippen LogP contribution in [0.15, 0.2) is 12.1 Å². The van der Waals surface area contributed by atoms with Crippen molar-refractivity contribution in [2.45, 2.75) is 311 Å². The third-order valence-corrected chi connectivity index (χ3v) is 13.0. The van der Waals surface area contributed by atoms with Crippen LogP contribution >= 0.6 is 0 Å². The van der Waals surface area contributed by atoms with E-state index in [9.17, 15) is 4.79 Å². The minimum Gasteiger partial charge on any atom is -0.490 e. The molecule has 0 aliphatic heterocycles. The second-order valence-electron chi connectivity index (χ2n) is 20.9. The monoisotopic (exact) mass is 941 g/mol. The Kier molecular flexibility index (Phi) is 43.0. The van der Waals surface area contributed by atoms with Gasteiger partial charge in [-0.25, -0.2) is 4.79 Å².